The third-order valence-electron chi connectivity index (χ3n) is 2.45. The second kappa shape index (κ2) is 5.76. The third kappa shape index (κ3) is 3.27. The summed E-state index contributed by atoms with van der Waals surface area (Å²) >= 11 is 9.38. The van der Waals surface area contributed by atoms with Gasteiger partial charge in [0.2, 0.25) is 5.95 Å². The lowest BCUT2D eigenvalue weighted by Gasteiger charge is -2.12. The zero-order valence-corrected chi connectivity index (χ0v) is 12.7. The van der Waals surface area contributed by atoms with Crippen LogP contribution >= 0.6 is 27.5 Å². The fourth-order valence-corrected chi connectivity index (χ4v) is 2.17. The molecular formula is C13H15BrClN3. The van der Waals surface area contributed by atoms with Gasteiger partial charge in [0.05, 0.1) is 5.02 Å². The predicted molar refractivity (Wildman–Crippen MR) is 79.5 cm³/mol. The van der Waals surface area contributed by atoms with Crippen molar-refractivity contribution in [1.29, 1.82) is 0 Å². The summed E-state index contributed by atoms with van der Waals surface area (Å²) in [5.74, 6) is 1.43. The minimum absolute atomic E-state index is 0.580. The molecule has 96 valence electrons. The van der Waals surface area contributed by atoms with E-state index in [0.29, 0.717) is 10.9 Å². The highest BCUT2D eigenvalue weighted by molar-refractivity contribution is 9.10. The van der Waals surface area contributed by atoms with Gasteiger partial charge < -0.3 is 9.88 Å². The maximum absolute atomic E-state index is 5.97. The van der Waals surface area contributed by atoms with Gasteiger partial charge in [-0.3, -0.25) is 0 Å². The van der Waals surface area contributed by atoms with Crippen molar-refractivity contribution in [3.63, 3.8) is 0 Å². The molecule has 0 aliphatic rings. The normalized spacial score (nSPS) is 10.9. The largest absolute Gasteiger partial charge is 0.326 e. The zero-order chi connectivity index (χ0) is 13.1. The summed E-state index contributed by atoms with van der Waals surface area (Å²) in [6, 6.07) is 5.72. The molecule has 0 amide bonds. The number of hydrogen-bond acceptors (Lipinski definition) is 2. The first-order valence-electron chi connectivity index (χ1n) is 5.79. The highest BCUT2D eigenvalue weighted by Crippen LogP contribution is 2.27. The molecule has 0 bridgehead atoms. The SMILES string of the molecule is CC(C)Cn1ccnc1Nc1ccc(Cl)c(Br)c1. The Labute approximate surface area is 120 Å². The van der Waals surface area contributed by atoms with Crippen molar-refractivity contribution in [2.45, 2.75) is 20.4 Å². The lowest BCUT2D eigenvalue weighted by Crippen LogP contribution is -2.07. The Hall–Kier alpha value is -1.000. The van der Waals surface area contributed by atoms with Crippen molar-refractivity contribution in [3.8, 4) is 0 Å². The topological polar surface area (TPSA) is 29.9 Å². The van der Waals surface area contributed by atoms with E-state index in [1.165, 1.54) is 0 Å². The highest BCUT2D eigenvalue weighted by atomic mass is 79.9. The van der Waals surface area contributed by atoms with E-state index in [0.717, 1.165) is 22.7 Å². The molecular weight excluding hydrogens is 314 g/mol. The molecule has 0 spiro atoms. The first-order valence-corrected chi connectivity index (χ1v) is 6.96. The van der Waals surface area contributed by atoms with Crippen LogP contribution < -0.4 is 5.32 Å². The van der Waals surface area contributed by atoms with Crippen LogP contribution in [0.5, 0.6) is 0 Å². The molecule has 0 unspecified atom stereocenters. The molecule has 2 aromatic rings. The molecule has 1 N–H and O–H groups in total. The fraction of sp³-hybridized carbons (Fsp3) is 0.308. The van der Waals surface area contributed by atoms with E-state index in [1.807, 2.05) is 24.4 Å². The summed E-state index contributed by atoms with van der Waals surface area (Å²) in [6.45, 7) is 5.31. The minimum Gasteiger partial charge on any atom is -0.326 e. The number of halogens is 2. The molecule has 0 atom stereocenters. The number of hydrogen-bond donors (Lipinski definition) is 1. The molecule has 1 aromatic heterocycles. The molecule has 0 aliphatic heterocycles. The van der Waals surface area contributed by atoms with Crippen molar-refractivity contribution in [2.75, 3.05) is 5.32 Å². The summed E-state index contributed by atoms with van der Waals surface area (Å²) in [6.07, 6.45) is 3.78. The van der Waals surface area contributed by atoms with Gasteiger partial charge in [-0.15, -0.1) is 0 Å². The van der Waals surface area contributed by atoms with Gasteiger partial charge in [-0.25, -0.2) is 4.98 Å². The molecule has 18 heavy (non-hydrogen) atoms. The van der Waals surface area contributed by atoms with Crippen LogP contribution in [0, 0.1) is 5.92 Å². The zero-order valence-electron chi connectivity index (χ0n) is 10.3. The molecule has 0 radical (unpaired) electrons. The first-order chi connectivity index (χ1) is 8.56. The van der Waals surface area contributed by atoms with Gasteiger partial charge in [-0.2, -0.15) is 0 Å². The molecule has 0 saturated heterocycles. The lowest BCUT2D eigenvalue weighted by atomic mass is 10.2. The average Bonchev–Trinajstić information content (AvgIpc) is 2.70. The molecule has 0 saturated carbocycles. The van der Waals surface area contributed by atoms with Crippen molar-refractivity contribution in [1.82, 2.24) is 9.55 Å². The van der Waals surface area contributed by atoms with Gasteiger partial charge in [0.1, 0.15) is 0 Å². The van der Waals surface area contributed by atoms with Crippen LogP contribution in [0.2, 0.25) is 5.02 Å². The summed E-state index contributed by atoms with van der Waals surface area (Å²) in [7, 11) is 0. The second-order valence-electron chi connectivity index (χ2n) is 4.55. The van der Waals surface area contributed by atoms with Gasteiger partial charge in [-0.1, -0.05) is 25.4 Å². The molecule has 5 heteroatoms. The number of rotatable bonds is 4. The Balaban J connectivity index is 2.18. The maximum atomic E-state index is 5.97. The van der Waals surface area contributed by atoms with Crippen LogP contribution in [0.25, 0.3) is 0 Å². The molecule has 3 nitrogen and oxygen atoms in total. The number of aromatic nitrogens is 2. The van der Waals surface area contributed by atoms with Crippen LogP contribution in [0.1, 0.15) is 13.8 Å². The van der Waals surface area contributed by atoms with E-state index in [-0.39, 0.29) is 0 Å². The van der Waals surface area contributed by atoms with Crippen molar-refractivity contribution in [2.24, 2.45) is 5.92 Å². The minimum atomic E-state index is 0.580. The Morgan fingerprint density at radius 2 is 2.22 bits per heavy atom. The highest BCUT2D eigenvalue weighted by Gasteiger charge is 2.06. The predicted octanol–water partition coefficient (Wildman–Crippen LogP) is 4.70. The molecule has 0 aliphatic carbocycles. The number of nitrogens with zero attached hydrogens (tertiary/aromatic N) is 2. The summed E-state index contributed by atoms with van der Waals surface area (Å²) in [5, 5.41) is 3.99. The summed E-state index contributed by atoms with van der Waals surface area (Å²) in [4.78, 5) is 4.32. The summed E-state index contributed by atoms with van der Waals surface area (Å²) < 4.78 is 2.98. The molecule has 0 fully saturated rings. The van der Waals surface area contributed by atoms with E-state index in [2.05, 4.69) is 44.6 Å². The van der Waals surface area contributed by atoms with E-state index >= 15 is 0 Å². The van der Waals surface area contributed by atoms with Gasteiger partial charge in [-0.05, 0) is 40.0 Å². The Bertz CT molecular complexity index is 537. The van der Waals surface area contributed by atoms with Crippen LogP contribution in [0.3, 0.4) is 0 Å². The van der Waals surface area contributed by atoms with Crippen LogP contribution in [0.4, 0.5) is 11.6 Å². The Morgan fingerprint density at radius 1 is 1.44 bits per heavy atom. The number of benzene rings is 1. The van der Waals surface area contributed by atoms with E-state index in [9.17, 15) is 0 Å². The molecule has 2 rings (SSSR count). The van der Waals surface area contributed by atoms with E-state index < -0.39 is 0 Å². The van der Waals surface area contributed by atoms with Crippen LogP contribution in [0.15, 0.2) is 35.1 Å². The van der Waals surface area contributed by atoms with Gasteiger partial charge in [0.15, 0.2) is 0 Å². The Morgan fingerprint density at radius 3 is 2.89 bits per heavy atom. The lowest BCUT2D eigenvalue weighted by molar-refractivity contribution is 0.527. The van der Waals surface area contributed by atoms with Crippen LogP contribution in [-0.4, -0.2) is 9.55 Å². The van der Waals surface area contributed by atoms with Gasteiger partial charge in [0, 0.05) is 29.1 Å². The summed E-state index contributed by atoms with van der Waals surface area (Å²) in [5.41, 5.74) is 0.961. The van der Waals surface area contributed by atoms with Crippen LogP contribution in [-0.2, 0) is 6.54 Å². The molecule has 1 heterocycles. The Kier molecular flexibility index (Phi) is 4.30. The monoisotopic (exact) mass is 327 g/mol. The van der Waals surface area contributed by atoms with E-state index in [4.69, 9.17) is 11.6 Å². The van der Waals surface area contributed by atoms with Crippen molar-refractivity contribution >= 4 is 39.2 Å². The number of nitrogens with one attached hydrogen (secondary N) is 1. The number of anilines is 2. The van der Waals surface area contributed by atoms with Crippen molar-refractivity contribution in [3.05, 3.63) is 40.1 Å². The molecule has 1 aromatic carbocycles. The standard InChI is InChI=1S/C13H15BrClN3/c1-9(2)8-18-6-5-16-13(18)17-10-3-4-12(15)11(14)7-10/h3-7,9H,8H2,1-2H3,(H,16,17). The van der Waals surface area contributed by atoms with Gasteiger partial charge >= 0.3 is 0 Å². The van der Waals surface area contributed by atoms with Gasteiger partial charge in [0.25, 0.3) is 0 Å². The number of imidazole rings is 1. The fourth-order valence-electron chi connectivity index (χ4n) is 1.68. The third-order valence-corrected chi connectivity index (χ3v) is 3.67. The second-order valence-corrected chi connectivity index (χ2v) is 5.81. The maximum Gasteiger partial charge on any atom is 0.207 e. The average molecular weight is 329 g/mol. The van der Waals surface area contributed by atoms with Crippen molar-refractivity contribution < 1.29 is 0 Å². The quantitative estimate of drug-likeness (QED) is 0.881. The first kappa shape index (κ1) is 13.4. The van der Waals surface area contributed by atoms with E-state index in [1.54, 1.807) is 6.20 Å². The smallest absolute Gasteiger partial charge is 0.207 e.